The van der Waals surface area contributed by atoms with Crippen molar-refractivity contribution in [1.82, 2.24) is 9.29 Å². The Morgan fingerprint density at radius 3 is 2.59 bits per heavy atom. The lowest BCUT2D eigenvalue weighted by molar-refractivity contribution is -0.115. The highest BCUT2D eigenvalue weighted by Crippen LogP contribution is 2.25. The largest absolute Gasteiger partial charge is 0.325 e. The summed E-state index contributed by atoms with van der Waals surface area (Å²) >= 11 is 1.50. The van der Waals surface area contributed by atoms with Crippen molar-refractivity contribution in [3.05, 3.63) is 64.7 Å². The molecular formula is C21H23N3O3S2. The third-order valence-corrected chi connectivity index (χ3v) is 7.17. The average molecular weight is 430 g/mol. The fourth-order valence-corrected chi connectivity index (χ4v) is 4.51. The van der Waals surface area contributed by atoms with Crippen molar-refractivity contribution < 1.29 is 13.2 Å². The second-order valence-electron chi connectivity index (χ2n) is 7.00. The van der Waals surface area contributed by atoms with E-state index in [1.54, 1.807) is 6.07 Å². The zero-order valence-corrected chi connectivity index (χ0v) is 18.4. The molecule has 0 spiro atoms. The third kappa shape index (κ3) is 4.90. The number of amides is 1. The predicted octanol–water partition coefficient (Wildman–Crippen LogP) is 3.86. The molecule has 0 atom stereocenters. The number of nitrogens with one attached hydrogen (secondary N) is 1. The lowest BCUT2D eigenvalue weighted by atomic mass is 10.1. The summed E-state index contributed by atoms with van der Waals surface area (Å²) in [7, 11) is -0.623. The molecule has 0 aliphatic heterocycles. The smallest absolute Gasteiger partial charge is 0.242 e. The molecule has 0 fully saturated rings. The predicted molar refractivity (Wildman–Crippen MR) is 117 cm³/mol. The van der Waals surface area contributed by atoms with Crippen LogP contribution in [-0.4, -0.2) is 37.7 Å². The Bertz CT molecular complexity index is 1150. The number of carbonyl (C=O) groups excluding carboxylic acids is 1. The van der Waals surface area contributed by atoms with Gasteiger partial charge in [0.1, 0.15) is 5.01 Å². The molecule has 29 heavy (non-hydrogen) atoms. The number of nitrogens with zero attached hydrogens (tertiary/aromatic N) is 2. The topological polar surface area (TPSA) is 79.4 Å². The molecule has 3 aromatic rings. The van der Waals surface area contributed by atoms with Crippen LogP contribution in [0.5, 0.6) is 0 Å². The first-order chi connectivity index (χ1) is 13.7. The quantitative estimate of drug-likeness (QED) is 0.645. The molecule has 0 saturated carbocycles. The van der Waals surface area contributed by atoms with E-state index in [9.17, 15) is 13.2 Å². The SMILES string of the molecule is Cc1cccc(-c2nc(CC(=O)Nc3cc(S(=O)(=O)N(C)C)ccc3C)cs2)c1. The number of anilines is 1. The molecule has 0 aliphatic carbocycles. The van der Waals surface area contributed by atoms with Crippen molar-refractivity contribution >= 4 is 33.0 Å². The number of aromatic nitrogens is 1. The van der Waals surface area contributed by atoms with E-state index in [4.69, 9.17) is 0 Å². The highest BCUT2D eigenvalue weighted by atomic mass is 32.2. The van der Waals surface area contributed by atoms with Gasteiger partial charge in [-0.05, 0) is 37.6 Å². The van der Waals surface area contributed by atoms with Crippen LogP contribution in [0.4, 0.5) is 5.69 Å². The van der Waals surface area contributed by atoms with Gasteiger partial charge in [-0.3, -0.25) is 4.79 Å². The molecule has 1 N–H and O–H groups in total. The molecule has 3 rings (SSSR count). The van der Waals surface area contributed by atoms with Gasteiger partial charge in [-0.1, -0.05) is 29.8 Å². The highest BCUT2D eigenvalue weighted by Gasteiger charge is 2.19. The van der Waals surface area contributed by atoms with Crippen molar-refractivity contribution in [2.75, 3.05) is 19.4 Å². The monoisotopic (exact) mass is 429 g/mol. The Kier molecular flexibility index (Phi) is 6.16. The second kappa shape index (κ2) is 8.44. The van der Waals surface area contributed by atoms with Crippen molar-refractivity contribution in [2.24, 2.45) is 0 Å². The molecule has 1 heterocycles. The number of hydrogen-bond acceptors (Lipinski definition) is 5. The molecule has 0 saturated heterocycles. The van der Waals surface area contributed by atoms with Crippen LogP contribution in [0.3, 0.4) is 0 Å². The molecule has 0 radical (unpaired) electrons. The third-order valence-electron chi connectivity index (χ3n) is 4.42. The Labute approximate surface area is 175 Å². The van der Waals surface area contributed by atoms with E-state index in [1.165, 1.54) is 37.6 Å². The lowest BCUT2D eigenvalue weighted by Crippen LogP contribution is -2.22. The number of hydrogen-bond donors (Lipinski definition) is 1. The van der Waals surface area contributed by atoms with Crippen molar-refractivity contribution in [2.45, 2.75) is 25.2 Å². The van der Waals surface area contributed by atoms with Gasteiger partial charge >= 0.3 is 0 Å². The number of aryl methyl sites for hydroxylation is 2. The van der Waals surface area contributed by atoms with Gasteiger partial charge in [0.25, 0.3) is 0 Å². The van der Waals surface area contributed by atoms with E-state index in [1.807, 2.05) is 37.4 Å². The van der Waals surface area contributed by atoms with Crippen LogP contribution < -0.4 is 5.32 Å². The van der Waals surface area contributed by atoms with Gasteiger partial charge in [-0.2, -0.15) is 0 Å². The number of rotatable bonds is 6. The summed E-state index contributed by atoms with van der Waals surface area (Å²) in [5.41, 5.74) is 4.12. The molecule has 0 aliphatic rings. The van der Waals surface area contributed by atoms with Crippen molar-refractivity contribution in [3.63, 3.8) is 0 Å². The molecule has 152 valence electrons. The summed E-state index contributed by atoms with van der Waals surface area (Å²) in [5, 5.41) is 5.55. The van der Waals surface area contributed by atoms with Crippen LogP contribution in [0, 0.1) is 13.8 Å². The van der Waals surface area contributed by atoms with Gasteiger partial charge in [0, 0.05) is 30.7 Å². The Hall–Kier alpha value is -2.55. The normalized spacial score (nSPS) is 11.6. The van der Waals surface area contributed by atoms with E-state index >= 15 is 0 Å². The summed E-state index contributed by atoms with van der Waals surface area (Å²) in [6.07, 6.45) is 0.117. The second-order valence-corrected chi connectivity index (χ2v) is 10.0. The first kappa shape index (κ1) is 21.2. The fraction of sp³-hybridized carbons (Fsp3) is 0.238. The Morgan fingerprint density at radius 2 is 1.90 bits per heavy atom. The molecule has 0 unspecified atom stereocenters. The zero-order valence-electron chi connectivity index (χ0n) is 16.8. The molecule has 0 bridgehead atoms. The van der Waals surface area contributed by atoms with Gasteiger partial charge in [-0.15, -0.1) is 11.3 Å². The summed E-state index contributed by atoms with van der Waals surface area (Å²) in [4.78, 5) is 17.2. The molecule has 6 nitrogen and oxygen atoms in total. The first-order valence-corrected chi connectivity index (χ1v) is 11.3. The van der Waals surface area contributed by atoms with Gasteiger partial charge in [0.2, 0.25) is 15.9 Å². The van der Waals surface area contributed by atoms with E-state index in [0.717, 1.165) is 26.0 Å². The molecular weight excluding hydrogens is 406 g/mol. The standard InChI is InChI=1S/C21H23N3O3S2/c1-14-6-5-7-16(10-14)21-22-17(13-28-21)11-20(25)23-19-12-18(9-8-15(19)2)29(26,27)24(3)4/h5-10,12-13H,11H2,1-4H3,(H,23,25). The number of sulfonamides is 1. The van der Waals surface area contributed by atoms with Crippen molar-refractivity contribution in [1.29, 1.82) is 0 Å². The fourth-order valence-electron chi connectivity index (χ4n) is 2.76. The summed E-state index contributed by atoms with van der Waals surface area (Å²) in [6.45, 7) is 3.85. The summed E-state index contributed by atoms with van der Waals surface area (Å²) < 4.78 is 25.8. The van der Waals surface area contributed by atoms with Crippen molar-refractivity contribution in [3.8, 4) is 10.6 Å². The van der Waals surface area contributed by atoms with Crippen LogP contribution in [0.15, 0.2) is 52.7 Å². The zero-order chi connectivity index (χ0) is 21.2. The van der Waals surface area contributed by atoms with Gasteiger partial charge in [0.05, 0.1) is 17.0 Å². The number of thiazole rings is 1. The summed E-state index contributed by atoms with van der Waals surface area (Å²) in [5.74, 6) is -0.242. The van der Waals surface area contributed by atoms with E-state index < -0.39 is 10.0 Å². The van der Waals surface area contributed by atoms with Crippen LogP contribution in [0.1, 0.15) is 16.8 Å². The molecule has 8 heteroatoms. The Balaban J connectivity index is 1.75. The maximum atomic E-state index is 12.5. The number of benzene rings is 2. The van der Waals surface area contributed by atoms with Crippen LogP contribution in [0.2, 0.25) is 0 Å². The van der Waals surface area contributed by atoms with E-state index in [2.05, 4.69) is 16.4 Å². The minimum Gasteiger partial charge on any atom is -0.325 e. The van der Waals surface area contributed by atoms with Gasteiger partial charge < -0.3 is 5.32 Å². The van der Waals surface area contributed by atoms with Crippen LogP contribution in [0.25, 0.3) is 10.6 Å². The lowest BCUT2D eigenvalue weighted by Gasteiger charge is -2.14. The average Bonchev–Trinajstić information content (AvgIpc) is 3.11. The van der Waals surface area contributed by atoms with Gasteiger partial charge in [0.15, 0.2) is 0 Å². The Morgan fingerprint density at radius 1 is 1.14 bits per heavy atom. The molecule has 1 aromatic heterocycles. The summed E-state index contributed by atoms with van der Waals surface area (Å²) in [6, 6.07) is 12.8. The van der Waals surface area contributed by atoms with Crippen LogP contribution >= 0.6 is 11.3 Å². The highest BCUT2D eigenvalue weighted by molar-refractivity contribution is 7.89. The maximum Gasteiger partial charge on any atom is 0.242 e. The molecule has 1 amide bonds. The minimum atomic E-state index is -3.57. The van der Waals surface area contributed by atoms with Gasteiger partial charge in [-0.25, -0.2) is 17.7 Å². The minimum absolute atomic E-state index is 0.117. The number of carbonyl (C=O) groups is 1. The van der Waals surface area contributed by atoms with E-state index in [-0.39, 0.29) is 17.2 Å². The van der Waals surface area contributed by atoms with Crippen LogP contribution in [-0.2, 0) is 21.2 Å². The molecule has 2 aromatic carbocycles. The maximum absolute atomic E-state index is 12.5. The first-order valence-electron chi connectivity index (χ1n) is 9.01. The van der Waals surface area contributed by atoms with E-state index in [0.29, 0.717) is 11.4 Å².